The van der Waals surface area contributed by atoms with Gasteiger partial charge in [-0.3, -0.25) is 4.98 Å². The van der Waals surface area contributed by atoms with Crippen molar-refractivity contribution < 1.29 is 0 Å². The Morgan fingerprint density at radius 2 is 1.77 bits per heavy atom. The molecule has 0 aliphatic carbocycles. The molecule has 0 amide bonds. The molecule has 0 aliphatic rings. The Morgan fingerprint density at radius 3 is 2.54 bits per heavy atom. The molecule has 0 atom stereocenters. The summed E-state index contributed by atoms with van der Waals surface area (Å²) >= 11 is 5.46. The molecule has 0 radical (unpaired) electrons. The number of anilines is 2. The van der Waals surface area contributed by atoms with Crippen molar-refractivity contribution in [3.8, 4) is 0 Å². The predicted molar refractivity (Wildman–Crippen MR) is 115 cm³/mol. The van der Waals surface area contributed by atoms with E-state index in [4.69, 9.17) is 12.2 Å². The van der Waals surface area contributed by atoms with Crippen LogP contribution in [0.2, 0.25) is 0 Å². The quantitative estimate of drug-likeness (QED) is 0.627. The highest BCUT2D eigenvalue weighted by Gasteiger charge is 2.09. The van der Waals surface area contributed by atoms with E-state index in [-0.39, 0.29) is 0 Å². The minimum atomic E-state index is 0.589. The third-order valence-corrected chi connectivity index (χ3v) is 4.64. The second-order valence-electron chi connectivity index (χ2n) is 6.01. The summed E-state index contributed by atoms with van der Waals surface area (Å²) in [4.78, 5) is 6.82. The molecule has 4 nitrogen and oxygen atoms in total. The second kappa shape index (κ2) is 8.63. The molecule has 0 bridgehead atoms. The maximum atomic E-state index is 5.46. The standard InChI is InChI=1S/C21H24N4S/c1-3-25(4-2)20-10-7-13-22-19(20)15-23-21(26)24-18-12-11-16-8-5-6-9-17(16)14-18/h5-14H,3-4,15H2,1-2H3,(H2,23,24,26). The van der Waals surface area contributed by atoms with E-state index in [1.165, 1.54) is 10.8 Å². The molecule has 134 valence electrons. The van der Waals surface area contributed by atoms with Crippen LogP contribution in [-0.2, 0) is 6.54 Å². The van der Waals surface area contributed by atoms with Crippen LogP contribution in [0, 0.1) is 0 Å². The largest absolute Gasteiger partial charge is 0.371 e. The average molecular weight is 365 g/mol. The number of fused-ring (bicyclic) bond motifs is 1. The molecule has 0 saturated carbocycles. The fourth-order valence-electron chi connectivity index (χ4n) is 3.02. The second-order valence-corrected chi connectivity index (χ2v) is 6.42. The maximum Gasteiger partial charge on any atom is 0.171 e. The molecular weight excluding hydrogens is 340 g/mol. The van der Waals surface area contributed by atoms with Crippen molar-refractivity contribution in [2.45, 2.75) is 20.4 Å². The van der Waals surface area contributed by atoms with Gasteiger partial charge in [-0.15, -0.1) is 0 Å². The van der Waals surface area contributed by atoms with Crippen molar-refractivity contribution in [2.24, 2.45) is 0 Å². The highest BCUT2D eigenvalue weighted by molar-refractivity contribution is 7.80. The van der Waals surface area contributed by atoms with E-state index >= 15 is 0 Å². The molecule has 2 N–H and O–H groups in total. The van der Waals surface area contributed by atoms with Crippen LogP contribution in [0.15, 0.2) is 60.8 Å². The summed E-state index contributed by atoms with van der Waals surface area (Å²) in [7, 11) is 0. The van der Waals surface area contributed by atoms with E-state index in [0.717, 1.165) is 30.2 Å². The van der Waals surface area contributed by atoms with Gasteiger partial charge in [0.25, 0.3) is 0 Å². The van der Waals surface area contributed by atoms with Crippen molar-refractivity contribution in [1.29, 1.82) is 0 Å². The zero-order valence-electron chi connectivity index (χ0n) is 15.2. The SMILES string of the molecule is CCN(CC)c1cccnc1CNC(=S)Nc1ccc2ccccc2c1. The first-order valence-electron chi connectivity index (χ1n) is 8.93. The molecule has 0 spiro atoms. The van der Waals surface area contributed by atoms with E-state index in [1.54, 1.807) is 0 Å². The minimum Gasteiger partial charge on any atom is -0.371 e. The van der Waals surface area contributed by atoms with Crippen LogP contribution in [-0.4, -0.2) is 23.2 Å². The van der Waals surface area contributed by atoms with Crippen LogP contribution < -0.4 is 15.5 Å². The van der Waals surface area contributed by atoms with Crippen LogP contribution >= 0.6 is 12.2 Å². The Labute approximate surface area is 160 Å². The normalized spacial score (nSPS) is 10.5. The molecule has 26 heavy (non-hydrogen) atoms. The Hall–Kier alpha value is -2.66. The third-order valence-electron chi connectivity index (χ3n) is 4.39. The fourth-order valence-corrected chi connectivity index (χ4v) is 3.21. The molecule has 0 saturated heterocycles. The van der Waals surface area contributed by atoms with E-state index in [2.05, 4.69) is 64.7 Å². The van der Waals surface area contributed by atoms with E-state index < -0.39 is 0 Å². The van der Waals surface area contributed by atoms with Gasteiger partial charge in [-0.25, -0.2) is 0 Å². The summed E-state index contributed by atoms with van der Waals surface area (Å²) in [6.45, 7) is 6.80. The lowest BCUT2D eigenvalue weighted by molar-refractivity contribution is 0.820. The Balaban J connectivity index is 1.65. The molecule has 1 heterocycles. The molecule has 1 aromatic heterocycles. The van der Waals surface area contributed by atoms with Gasteiger partial charge in [-0.1, -0.05) is 30.3 Å². The van der Waals surface area contributed by atoms with Gasteiger partial charge >= 0.3 is 0 Å². The number of aromatic nitrogens is 1. The van der Waals surface area contributed by atoms with Gasteiger partial charge in [0.05, 0.1) is 17.9 Å². The summed E-state index contributed by atoms with van der Waals surface area (Å²) in [5, 5.41) is 9.53. The van der Waals surface area contributed by atoms with Gasteiger partial charge in [0, 0.05) is 25.0 Å². The van der Waals surface area contributed by atoms with Crippen molar-refractivity contribution in [3.05, 3.63) is 66.5 Å². The zero-order chi connectivity index (χ0) is 18.4. The number of hydrogen-bond acceptors (Lipinski definition) is 3. The van der Waals surface area contributed by atoms with Crippen molar-refractivity contribution >= 4 is 39.5 Å². The van der Waals surface area contributed by atoms with Crippen LogP contribution in [0.1, 0.15) is 19.5 Å². The van der Waals surface area contributed by atoms with Gasteiger partial charge in [-0.05, 0) is 61.1 Å². The number of rotatable bonds is 6. The Morgan fingerprint density at radius 1 is 1.00 bits per heavy atom. The number of nitrogens with one attached hydrogen (secondary N) is 2. The van der Waals surface area contributed by atoms with Crippen LogP contribution in [0.25, 0.3) is 10.8 Å². The lowest BCUT2D eigenvalue weighted by atomic mass is 10.1. The summed E-state index contributed by atoms with van der Waals surface area (Å²) in [6.07, 6.45) is 1.82. The smallest absolute Gasteiger partial charge is 0.171 e. The third kappa shape index (κ3) is 4.29. The van der Waals surface area contributed by atoms with Gasteiger partial charge in [0.1, 0.15) is 0 Å². The lowest BCUT2D eigenvalue weighted by Crippen LogP contribution is -2.30. The predicted octanol–water partition coefficient (Wildman–Crippen LogP) is 4.57. The van der Waals surface area contributed by atoms with Crippen LogP contribution in [0.5, 0.6) is 0 Å². The molecule has 0 fully saturated rings. The minimum absolute atomic E-state index is 0.589. The number of thiocarbonyl (C=S) groups is 1. The average Bonchev–Trinajstić information content (AvgIpc) is 2.68. The highest BCUT2D eigenvalue weighted by Crippen LogP contribution is 2.19. The summed E-state index contributed by atoms with van der Waals surface area (Å²) in [5.74, 6) is 0. The Bertz CT molecular complexity index is 890. The van der Waals surface area contributed by atoms with Gasteiger partial charge in [-0.2, -0.15) is 0 Å². The lowest BCUT2D eigenvalue weighted by Gasteiger charge is -2.23. The number of benzene rings is 2. The summed E-state index contributed by atoms with van der Waals surface area (Å²) < 4.78 is 0. The molecule has 3 aromatic rings. The first-order valence-corrected chi connectivity index (χ1v) is 9.34. The summed E-state index contributed by atoms with van der Waals surface area (Å²) in [5.41, 5.74) is 3.13. The van der Waals surface area contributed by atoms with Crippen LogP contribution in [0.3, 0.4) is 0 Å². The van der Waals surface area contributed by atoms with Gasteiger partial charge in [0.2, 0.25) is 0 Å². The van der Waals surface area contributed by atoms with Crippen LogP contribution in [0.4, 0.5) is 11.4 Å². The fraction of sp³-hybridized carbons (Fsp3) is 0.238. The molecule has 0 aliphatic heterocycles. The highest BCUT2D eigenvalue weighted by atomic mass is 32.1. The topological polar surface area (TPSA) is 40.2 Å². The molecule has 5 heteroatoms. The van der Waals surface area contributed by atoms with Crippen molar-refractivity contribution in [1.82, 2.24) is 10.3 Å². The first-order chi connectivity index (χ1) is 12.7. The maximum absolute atomic E-state index is 5.46. The summed E-state index contributed by atoms with van der Waals surface area (Å²) in [6, 6.07) is 18.6. The van der Waals surface area contributed by atoms with Gasteiger partial charge < -0.3 is 15.5 Å². The Kier molecular flexibility index (Phi) is 6.02. The zero-order valence-corrected chi connectivity index (χ0v) is 16.0. The molecule has 2 aromatic carbocycles. The first kappa shape index (κ1) is 18.1. The molecule has 3 rings (SSSR count). The van der Waals surface area contributed by atoms with Crippen molar-refractivity contribution in [2.75, 3.05) is 23.3 Å². The number of hydrogen-bond donors (Lipinski definition) is 2. The van der Waals surface area contributed by atoms with E-state index in [0.29, 0.717) is 11.7 Å². The molecular formula is C21H24N4S. The van der Waals surface area contributed by atoms with E-state index in [9.17, 15) is 0 Å². The van der Waals surface area contributed by atoms with Gasteiger partial charge in [0.15, 0.2) is 5.11 Å². The number of pyridine rings is 1. The number of nitrogens with zero attached hydrogens (tertiary/aromatic N) is 2. The molecule has 0 unspecified atom stereocenters. The monoisotopic (exact) mass is 364 g/mol. The van der Waals surface area contributed by atoms with E-state index in [1.807, 2.05) is 30.5 Å². The van der Waals surface area contributed by atoms with Crippen molar-refractivity contribution in [3.63, 3.8) is 0 Å².